The minimum atomic E-state index is -0.411. The van der Waals surface area contributed by atoms with Crippen LogP contribution in [-0.4, -0.2) is 35.2 Å². The minimum Gasteiger partial charge on any atom is -0.444 e. The van der Waals surface area contributed by atoms with Gasteiger partial charge in [0.2, 0.25) is 0 Å². The Morgan fingerprint density at radius 1 is 1.60 bits per heavy atom. The topological polar surface area (TPSA) is 55.6 Å². The van der Waals surface area contributed by atoms with Crippen LogP contribution in [0.1, 0.15) is 40.5 Å². The number of carbonyl (C=O) groups is 1. The highest BCUT2D eigenvalue weighted by Crippen LogP contribution is 2.24. The molecule has 1 saturated heterocycles. The van der Waals surface area contributed by atoms with Gasteiger partial charge < -0.3 is 15.4 Å². The van der Waals surface area contributed by atoms with Crippen molar-refractivity contribution < 1.29 is 9.53 Å². The number of hydrogen-bond donors (Lipinski definition) is 1. The van der Waals surface area contributed by atoms with Gasteiger partial charge in [0, 0.05) is 18.6 Å². The number of nitrogens with zero attached hydrogens (tertiary/aromatic N) is 1. The van der Waals surface area contributed by atoms with Crippen LogP contribution in [0.15, 0.2) is 0 Å². The zero-order valence-electron chi connectivity index (χ0n) is 10.1. The number of hydrogen-bond acceptors (Lipinski definition) is 3. The Hall–Kier alpha value is -0.770. The maximum atomic E-state index is 11.7. The van der Waals surface area contributed by atoms with Crippen molar-refractivity contribution in [3.05, 3.63) is 0 Å². The Kier molecular flexibility index (Phi) is 3.60. The predicted octanol–water partition coefficient (Wildman–Crippen LogP) is 1.73. The number of ether oxygens (including phenoxy) is 1. The van der Waals surface area contributed by atoms with Gasteiger partial charge >= 0.3 is 6.09 Å². The summed E-state index contributed by atoms with van der Waals surface area (Å²) < 4.78 is 5.30. The summed E-state index contributed by atoms with van der Waals surface area (Å²) in [5, 5.41) is 0. The van der Waals surface area contributed by atoms with Crippen LogP contribution in [0.2, 0.25) is 0 Å². The molecule has 0 saturated carbocycles. The van der Waals surface area contributed by atoms with Crippen LogP contribution in [0.5, 0.6) is 0 Å². The molecule has 1 aliphatic rings. The van der Waals surface area contributed by atoms with Crippen LogP contribution in [0.4, 0.5) is 4.79 Å². The third-order valence-electron chi connectivity index (χ3n) is 2.42. The van der Waals surface area contributed by atoms with Gasteiger partial charge in [-0.05, 0) is 40.5 Å². The fourth-order valence-corrected chi connectivity index (χ4v) is 1.68. The van der Waals surface area contributed by atoms with Crippen molar-refractivity contribution in [2.45, 2.75) is 58.2 Å². The number of likely N-dealkylation sites (tertiary alicyclic amines) is 1. The lowest BCUT2D eigenvalue weighted by Gasteiger charge is -2.42. The Balaban J connectivity index is 2.41. The molecule has 0 radical (unpaired) electrons. The number of carbonyl (C=O) groups excluding carboxylic acids is 1. The van der Waals surface area contributed by atoms with Gasteiger partial charge in [-0.2, -0.15) is 0 Å². The summed E-state index contributed by atoms with van der Waals surface area (Å²) in [6, 6.07) is 0.417. The third-order valence-corrected chi connectivity index (χ3v) is 2.42. The van der Waals surface area contributed by atoms with Crippen molar-refractivity contribution in [3.8, 4) is 0 Å². The minimum absolute atomic E-state index is 0.139. The lowest BCUT2D eigenvalue weighted by atomic mass is 9.97. The SMILES string of the molecule is CC(N)CC1CCN1C(=O)OC(C)(C)C. The van der Waals surface area contributed by atoms with Crippen molar-refractivity contribution in [2.75, 3.05) is 6.54 Å². The molecular weight excluding hydrogens is 192 g/mol. The van der Waals surface area contributed by atoms with Crippen molar-refractivity contribution >= 4 is 6.09 Å². The summed E-state index contributed by atoms with van der Waals surface area (Å²) in [6.45, 7) is 8.40. The van der Waals surface area contributed by atoms with E-state index in [0.29, 0.717) is 0 Å². The first kappa shape index (κ1) is 12.3. The lowest BCUT2D eigenvalue weighted by Crippen LogP contribution is -2.54. The standard InChI is InChI=1S/C11H22N2O2/c1-8(12)7-9-5-6-13(9)10(14)15-11(2,3)4/h8-9H,5-7,12H2,1-4H3. The molecule has 0 bridgehead atoms. The Bertz CT molecular complexity index is 233. The van der Waals surface area contributed by atoms with Crippen LogP contribution in [0.25, 0.3) is 0 Å². The zero-order valence-corrected chi connectivity index (χ0v) is 10.1. The van der Waals surface area contributed by atoms with Crippen LogP contribution < -0.4 is 5.73 Å². The number of amides is 1. The van der Waals surface area contributed by atoms with E-state index < -0.39 is 5.60 Å². The normalized spacial score (nSPS) is 23.3. The largest absolute Gasteiger partial charge is 0.444 e. The maximum absolute atomic E-state index is 11.7. The molecule has 2 N–H and O–H groups in total. The maximum Gasteiger partial charge on any atom is 0.410 e. The second-order valence-corrected chi connectivity index (χ2v) is 5.33. The zero-order chi connectivity index (χ0) is 11.6. The van der Waals surface area contributed by atoms with E-state index in [2.05, 4.69) is 0 Å². The Morgan fingerprint density at radius 2 is 2.20 bits per heavy atom. The second kappa shape index (κ2) is 4.39. The van der Waals surface area contributed by atoms with Gasteiger partial charge in [0.15, 0.2) is 0 Å². The van der Waals surface area contributed by atoms with E-state index in [1.165, 1.54) is 0 Å². The van der Waals surface area contributed by atoms with Gasteiger partial charge in [0.05, 0.1) is 0 Å². The van der Waals surface area contributed by atoms with Gasteiger partial charge in [-0.1, -0.05) is 0 Å². The van der Waals surface area contributed by atoms with Crippen molar-refractivity contribution in [1.82, 2.24) is 4.90 Å². The molecule has 0 aromatic carbocycles. The average Bonchev–Trinajstić information content (AvgIpc) is 1.93. The van der Waals surface area contributed by atoms with E-state index in [0.717, 1.165) is 19.4 Å². The van der Waals surface area contributed by atoms with Gasteiger partial charge in [-0.25, -0.2) is 4.79 Å². The number of nitrogens with two attached hydrogens (primary N) is 1. The van der Waals surface area contributed by atoms with Crippen molar-refractivity contribution in [3.63, 3.8) is 0 Å². The Labute approximate surface area is 91.8 Å². The molecule has 2 unspecified atom stereocenters. The summed E-state index contributed by atoms with van der Waals surface area (Å²) in [5.74, 6) is 0. The number of rotatable bonds is 2. The first-order valence-electron chi connectivity index (χ1n) is 5.55. The highest BCUT2D eigenvalue weighted by molar-refractivity contribution is 5.69. The molecule has 4 heteroatoms. The smallest absolute Gasteiger partial charge is 0.410 e. The quantitative estimate of drug-likeness (QED) is 0.761. The third kappa shape index (κ3) is 3.70. The summed E-state index contributed by atoms with van der Waals surface area (Å²) in [6.07, 6.45) is 1.69. The molecule has 1 fully saturated rings. The molecule has 2 atom stereocenters. The fourth-order valence-electron chi connectivity index (χ4n) is 1.68. The monoisotopic (exact) mass is 214 g/mol. The van der Waals surface area contributed by atoms with E-state index in [4.69, 9.17) is 10.5 Å². The lowest BCUT2D eigenvalue weighted by molar-refractivity contribution is -0.00742. The highest BCUT2D eigenvalue weighted by Gasteiger charge is 2.35. The second-order valence-electron chi connectivity index (χ2n) is 5.33. The van der Waals surface area contributed by atoms with E-state index in [1.54, 1.807) is 4.90 Å². The van der Waals surface area contributed by atoms with Gasteiger partial charge in [0.25, 0.3) is 0 Å². The van der Waals surface area contributed by atoms with E-state index in [1.807, 2.05) is 27.7 Å². The fraction of sp³-hybridized carbons (Fsp3) is 0.909. The molecular formula is C11H22N2O2. The van der Waals surface area contributed by atoms with Crippen molar-refractivity contribution in [1.29, 1.82) is 0 Å². The first-order chi connectivity index (χ1) is 6.79. The van der Waals surface area contributed by atoms with Gasteiger partial charge in [0.1, 0.15) is 5.60 Å². The molecule has 88 valence electrons. The summed E-state index contributed by atoms with van der Waals surface area (Å²) in [5.41, 5.74) is 5.30. The molecule has 1 heterocycles. The highest BCUT2D eigenvalue weighted by atomic mass is 16.6. The van der Waals surface area contributed by atoms with E-state index >= 15 is 0 Å². The van der Waals surface area contributed by atoms with Crippen LogP contribution in [0.3, 0.4) is 0 Å². The molecule has 1 rings (SSSR count). The predicted molar refractivity (Wildman–Crippen MR) is 59.6 cm³/mol. The molecule has 0 spiro atoms. The van der Waals surface area contributed by atoms with Crippen LogP contribution >= 0.6 is 0 Å². The summed E-state index contributed by atoms with van der Waals surface area (Å²) in [4.78, 5) is 13.5. The Morgan fingerprint density at radius 3 is 2.53 bits per heavy atom. The van der Waals surface area contributed by atoms with E-state index in [-0.39, 0.29) is 18.2 Å². The van der Waals surface area contributed by atoms with Crippen molar-refractivity contribution in [2.24, 2.45) is 5.73 Å². The molecule has 1 amide bonds. The molecule has 0 aromatic rings. The molecule has 0 aromatic heterocycles. The van der Waals surface area contributed by atoms with E-state index in [9.17, 15) is 4.79 Å². The van der Waals surface area contributed by atoms with Crippen LogP contribution in [-0.2, 0) is 4.74 Å². The van der Waals surface area contributed by atoms with Crippen LogP contribution in [0, 0.1) is 0 Å². The summed E-state index contributed by atoms with van der Waals surface area (Å²) >= 11 is 0. The first-order valence-corrected chi connectivity index (χ1v) is 5.55. The molecule has 4 nitrogen and oxygen atoms in total. The molecule has 0 aliphatic carbocycles. The molecule has 1 aliphatic heterocycles. The summed E-state index contributed by atoms with van der Waals surface area (Å²) in [7, 11) is 0. The van der Waals surface area contributed by atoms with Gasteiger partial charge in [-0.15, -0.1) is 0 Å². The molecule has 15 heavy (non-hydrogen) atoms. The average molecular weight is 214 g/mol. The van der Waals surface area contributed by atoms with Gasteiger partial charge in [-0.3, -0.25) is 0 Å².